The lowest BCUT2D eigenvalue weighted by molar-refractivity contribution is -0.928. The van der Waals surface area contributed by atoms with Crippen LogP contribution in [-0.4, -0.2) is 79.9 Å². The second-order valence-corrected chi connectivity index (χ2v) is 17.3. The summed E-state index contributed by atoms with van der Waals surface area (Å²) in [7, 11) is 2.11. The van der Waals surface area contributed by atoms with Crippen molar-refractivity contribution < 1.29 is 23.5 Å². The summed E-state index contributed by atoms with van der Waals surface area (Å²) in [5.74, 6) is 0.571. The van der Waals surface area contributed by atoms with E-state index in [2.05, 4.69) is 48.6 Å². The zero-order chi connectivity index (χ0) is 38.4. The minimum absolute atomic E-state index is 0.237. The molecule has 1 atom stereocenters. The number of amidine groups is 1. The molecule has 0 saturated carbocycles. The third-order valence-electron chi connectivity index (χ3n) is 11.0. The number of carbonyl (C=O) groups is 2. The molecule has 1 aromatic carbocycles. The van der Waals surface area contributed by atoms with E-state index >= 15 is 0 Å². The van der Waals surface area contributed by atoms with Crippen LogP contribution in [0.5, 0.6) is 0 Å². The summed E-state index contributed by atoms with van der Waals surface area (Å²) in [5.41, 5.74) is 3.08. The summed E-state index contributed by atoms with van der Waals surface area (Å²) in [5, 5.41) is 7.36. The fourth-order valence-corrected chi connectivity index (χ4v) is 8.34. The predicted molar refractivity (Wildman–Crippen MR) is 225 cm³/mol. The number of fused-ring (bicyclic) bond motifs is 2. The van der Waals surface area contributed by atoms with E-state index in [1.807, 2.05) is 18.2 Å². The molecule has 2 aliphatic heterocycles. The van der Waals surface area contributed by atoms with Crippen LogP contribution in [-0.2, 0) is 14.3 Å². The molecule has 4 rings (SSSR count). The SMILES string of the molecule is CCCCCCCCCCCCCCCCCCCCCCOC(=O)C(C)NC(=O)OC[N+]1(C)CCN(C2=Nc3ccccc3Nc3sc(C)cc32)CC1. The van der Waals surface area contributed by atoms with Crippen LogP contribution >= 0.6 is 11.3 Å². The van der Waals surface area contributed by atoms with Crippen LogP contribution in [0.25, 0.3) is 0 Å². The van der Waals surface area contributed by atoms with Crippen molar-refractivity contribution in [2.45, 2.75) is 155 Å². The van der Waals surface area contributed by atoms with Crippen molar-refractivity contribution in [1.29, 1.82) is 0 Å². The molecule has 2 N–H and O–H groups in total. The van der Waals surface area contributed by atoms with Crippen LogP contribution in [0.4, 0.5) is 21.2 Å². The van der Waals surface area contributed by atoms with E-state index in [-0.39, 0.29) is 6.73 Å². The number of aliphatic imine (C=N–C) groups is 1. The van der Waals surface area contributed by atoms with Gasteiger partial charge in [0.25, 0.3) is 0 Å². The van der Waals surface area contributed by atoms with Crippen LogP contribution in [0.2, 0.25) is 0 Å². The Bertz CT molecular complexity index is 1420. The highest BCUT2D eigenvalue weighted by molar-refractivity contribution is 7.16. The molecule has 2 aromatic rings. The largest absolute Gasteiger partial charge is 0.464 e. The van der Waals surface area contributed by atoms with Gasteiger partial charge in [0.05, 0.1) is 56.8 Å². The Balaban J connectivity index is 0.977. The van der Waals surface area contributed by atoms with Crippen molar-refractivity contribution in [3.05, 3.63) is 40.8 Å². The third-order valence-corrected chi connectivity index (χ3v) is 12.0. The number of aryl methyl sites for hydroxylation is 1. The number of hydrogen-bond donors (Lipinski definition) is 2. The number of benzene rings is 1. The van der Waals surface area contributed by atoms with Crippen LogP contribution in [0.1, 0.15) is 153 Å². The van der Waals surface area contributed by atoms with E-state index in [1.54, 1.807) is 18.3 Å². The number of para-hydroxylation sites is 2. The molecule has 1 fully saturated rings. The number of ether oxygens (including phenoxy) is 2. The average Bonchev–Trinajstić information content (AvgIpc) is 3.46. The number of carbonyl (C=O) groups excluding carboxylic acids is 2. The second kappa shape index (κ2) is 24.4. The van der Waals surface area contributed by atoms with Gasteiger partial charge in [-0.2, -0.15) is 0 Å². The Kier molecular flexibility index (Phi) is 19.7. The molecule has 0 spiro atoms. The molecule has 10 heteroatoms. The number of nitrogens with zero attached hydrogens (tertiary/aromatic N) is 3. The first-order valence-corrected chi connectivity index (χ1v) is 22.3. The molecule has 0 aliphatic carbocycles. The number of nitrogens with one attached hydrogen (secondary N) is 2. The van der Waals surface area contributed by atoms with Crippen LogP contribution < -0.4 is 10.6 Å². The maximum absolute atomic E-state index is 12.6. The Labute approximate surface area is 331 Å². The molecular formula is C44H72N5O4S+. The highest BCUT2D eigenvalue weighted by Gasteiger charge is 2.34. The summed E-state index contributed by atoms with van der Waals surface area (Å²) < 4.78 is 11.7. The molecule has 0 bridgehead atoms. The normalized spacial score (nSPS) is 15.3. The van der Waals surface area contributed by atoms with Crippen LogP contribution in [0.3, 0.4) is 0 Å². The minimum atomic E-state index is -0.752. The smallest absolute Gasteiger partial charge is 0.412 e. The van der Waals surface area contributed by atoms with Gasteiger partial charge in [0, 0.05) is 4.88 Å². The number of rotatable bonds is 25. The molecule has 9 nitrogen and oxygen atoms in total. The maximum Gasteiger partial charge on any atom is 0.412 e. The molecule has 1 aromatic heterocycles. The van der Waals surface area contributed by atoms with Gasteiger partial charge in [0.2, 0.25) is 6.73 Å². The quantitative estimate of drug-likeness (QED) is 0.0594. The lowest BCUT2D eigenvalue weighted by Crippen LogP contribution is -2.59. The Hall–Kier alpha value is -3.11. The third kappa shape index (κ3) is 15.6. The van der Waals surface area contributed by atoms with Gasteiger partial charge in [-0.25, -0.2) is 14.6 Å². The van der Waals surface area contributed by atoms with E-state index < -0.39 is 18.1 Å². The van der Waals surface area contributed by atoms with Crippen molar-refractivity contribution in [2.75, 3.05) is 51.9 Å². The van der Waals surface area contributed by atoms with Gasteiger partial charge in [-0.05, 0) is 38.5 Å². The Morgan fingerprint density at radius 3 is 1.94 bits per heavy atom. The van der Waals surface area contributed by atoms with Crippen molar-refractivity contribution in [2.24, 2.45) is 4.99 Å². The second-order valence-electron chi connectivity index (χ2n) is 16.0. The van der Waals surface area contributed by atoms with Gasteiger partial charge >= 0.3 is 12.1 Å². The molecular weight excluding hydrogens is 695 g/mol. The molecule has 1 amide bonds. The first-order chi connectivity index (χ1) is 26.3. The van der Waals surface area contributed by atoms with Gasteiger partial charge < -0.3 is 25.0 Å². The van der Waals surface area contributed by atoms with Crippen molar-refractivity contribution in [3.63, 3.8) is 0 Å². The van der Waals surface area contributed by atoms with E-state index in [4.69, 9.17) is 14.5 Å². The fraction of sp³-hybridized carbons (Fsp3) is 0.705. The molecule has 0 radical (unpaired) electrons. The standard InChI is InChI=1S/C44H71N5O4S/c1-5-6-7-8-9-10-11-12-13-14-15-16-17-18-19-20-21-22-23-26-33-52-43(50)37(3)45-44(51)53-35-49(4)31-29-48(30-32-49)41-38-34-36(2)54-42(38)47-40-28-25-24-27-39(40)46-41/h24-25,27-28,34,37H,5-23,26,29-33,35H2,1-4H3,(H-,45,46,47,51)/p+1. The minimum Gasteiger partial charge on any atom is -0.464 e. The number of esters is 1. The first kappa shape index (κ1) is 43.6. The summed E-state index contributed by atoms with van der Waals surface area (Å²) in [6.07, 6.45) is 26.2. The van der Waals surface area contributed by atoms with Crippen molar-refractivity contribution in [3.8, 4) is 0 Å². The van der Waals surface area contributed by atoms with Gasteiger partial charge in [0.1, 0.15) is 16.9 Å². The van der Waals surface area contributed by atoms with Crippen molar-refractivity contribution >= 4 is 45.6 Å². The molecule has 54 heavy (non-hydrogen) atoms. The van der Waals surface area contributed by atoms with Crippen LogP contribution in [0.15, 0.2) is 35.3 Å². The van der Waals surface area contributed by atoms with Gasteiger partial charge in [-0.1, -0.05) is 141 Å². The van der Waals surface area contributed by atoms with Crippen molar-refractivity contribution in [1.82, 2.24) is 10.2 Å². The van der Waals surface area contributed by atoms with Crippen LogP contribution in [0, 0.1) is 6.92 Å². The monoisotopic (exact) mass is 767 g/mol. The van der Waals surface area contributed by atoms with Gasteiger partial charge in [-0.3, -0.25) is 4.48 Å². The predicted octanol–water partition coefficient (Wildman–Crippen LogP) is 11.4. The first-order valence-electron chi connectivity index (χ1n) is 21.5. The summed E-state index contributed by atoms with van der Waals surface area (Å²) in [4.78, 5) is 33.8. The number of piperazine rings is 1. The van der Waals surface area contributed by atoms with E-state index in [9.17, 15) is 9.59 Å². The van der Waals surface area contributed by atoms with Gasteiger partial charge in [-0.15, -0.1) is 11.3 Å². The Morgan fingerprint density at radius 1 is 0.833 bits per heavy atom. The number of unbranched alkanes of at least 4 members (excludes halogenated alkanes) is 19. The number of hydrogen-bond acceptors (Lipinski definition) is 8. The topological polar surface area (TPSA) is 92.3 Å². The molecule has 2 aliphatic rings. The maximum atomic E-state index is 12.6. The summed E-state index contributed by atoms with van der Waals surface area (Å²) >= 11 is 1.75. The highest BCUT2D eigenvalue weighted by atomic mass is 32.1. The zero-order valence-corrected chi connectivity index (χ0v) is 35.0. The number of amides is 1. The summed E-state index contributed by atoms with van der Waals surface area (Å²) in [6, 6.07) is 9.61. The number of quaternary nitrogens is 1. The fourth-order valence-electron chi connectivity index (χ4n) is 7.42. The van der Waals surface area contributed by atoms with E-state index in [0.29, 0.717) is 11.1 Å². The molecule has 1 saturated heterocycles. The number of likely N-dealkylation sites (N-methyl/N-ethyl adjacent to an activating group) is 1. The van der Waals surface area contributed by atoms with E-state index in [0.717, 1.165) is 66.8 Å². The number of anilines is 2. The Morgan fingerprint density at radius 2 is 1.37 bits per heavy atom. The average molecular weight is 767 g/mol. The lowest BCUT2D eigenvalue weighted by atomic mass is 10.0. The molecule has 1 unspecified atom stereocenters. The molecule has 302 valence electrons. The number of alkyl carbamates (subject to hydrolysis) is 1. The van der Waals surface area contributed by atoms with E-state index in [1.165, 1.54) is 120 Å². The highest BCUT2D eigenvalue weighted by Crippen LogP contribution is 2.39. The number of thiophene rings is 1. The molecule has 3 heterocycles. The zero-order valence-electron chi connectivity index (χ0n) is 34.2. The summed E-state index contributed by atoms with van der Waals surface area (Å²) in [6.45, 7) is 9.88. The van der Waals surface area contributed by atoms with Gasteiger partial charge in [0.15, 0.2) is 0 Å². The lowest BCUT2D eigenvalue weighted by Gasteiger charge is -2.42.